The van der Waals surface area contributed by atoms with Crippen LogP contribution in [0.1, 0.15) is 5.56 Å². The molecule has 25 heavy (non-hydrogen) atoms. The van der Waals surface area contributed by atoms with E-state index in [2.05, 4.69) is 5.32 Å². The van der Waals surface area contributed by atoms with Crippen LogP contribution in [0.15, 0.2) is 53.6 Å². The number of benzene rings is 1. The zero-order chi connectivity index (χ0) is 18.4. The summed E-state index contributed by atoms with van der Waals surface area (Å²) in [5.74, 6) is -2.26. The Morgan fingerprint density at radius 3 is 2.48 bits per heavy atom. The minimum atomic E-state index is -1.16. The monoisotopic (exact) mass is 345 g/mol. The van der Waals surface area contributed by atoms with Gasteiger partial charge in [0.2, 0.25) is 11.3 Å². The number of nitrogens with zero attached hydrogens (tertiary/aromatic N) is 1. The molecule has 0 aliphatic heterocycles. The van der Waals surface area contributed by atoms with Crippen molar-refractivity contribution in [2.24, 2.45) is 5.73 Å². The highest BCUT2D eigenvalue weighted by molar-refractivity contribution is 5.86. The van der Waals surface area contributed by atoms with Crippen LogP contribution in [0.4, 0.5) is 0 Å². The van der Waals surface area contributed by atoms with E-state index in [9.17, 15) is 24.6 Å². The van der Waals surface area contributed by atoms with E-state index in [-0.39, 0.29) is 13.0 Å². The van der Waals surface area contributed by atoms with Gasteiger partial charge in [0.25, 0.3) is 0 Å². The SMILES string of the molecule is N[C@@H](Cn1ccc(=O)c(O)c1)C(=O)N[C@@H](Cc1ccccc1)C(=O)O. The first-order chi connectivity index (χ1) is 11.9. The van der Waals surface area contributed by atoms with Crippen LogP contribution in [-0.2, 0) is 22.6 Å². The predicted molar refractivity (Wildman–Crippen MR) is 90.1 cm³/mol. The second kappa shape index (κ2) is 8.11. The molecule has 2 aromatic rings. The first-order valence-electron chi connectivity index (χ1n) is 7.58. The van der Waals surface area contributed by atoms with E-state index in [0.29, 0.717) is 0 Å². The number of hydrogen-bond donors (Lipinski definition) is 4. The van der Waals surface area contributed by atoms with Crippen molar-refractivity contribution < 1.29 is 19.8 Å². The number of carbonyl (C=O) groups is 2. The second-order valence-electron chi connectivity index (χ2n) is 5.59. The van der Waals surface area contributed by atoms with Crippen LogP contribution in [0.25, 0.3) is 0 Å². The topological polar surface area (TPSA) is 135 Å². The van der Waals surface area contributed by atoms with Gasteiger partial charge in [0, 0.05) is 31.4 Å². The number of pyridine rings is 1. The number of amides is 1. The van der Waals surface area contributed by atoms with Gasteiger partial charge in [0.15, 0.2) is 5.75 Å². The Balaban J connectivity index is 2.00. The standard InChI is InChI=1S/C17H19N3O5/c18-12(9-20-7-6-14(21)15(22)10-20)16(23)19-13(17(24)25)8-11-4-2-1-3-5-11/h1-7,10,12-13,22H,8-9,18H2,(H,19,23)(H,24,25)/t12-,13-/m0/s1. The smallest absolute Gasteiger partial charge is 0.326 e. The Morgan fingerprint density at radius 1 is 1.20 bits per heavy atom. The van der Waals surface area contributed by atoms with Crippen LogP contribution in [0.3, 0.4) is 0 Å². The maximum absolute atomic E-state index is 12.2. The average Bonchev–Trinajstić information content (AvgIpc) is 2.58. The van der Waals surface area contributed by atoms with Crippen molar-refractivity contribution in [2.45, 2.75) is 25.0 Å². The van der Waals surface area contributed by atoms with Gasteiger partial charge in [-0.1, -0.05) is 30.3 Å². The normalized spacial score (nSPS) is 13.0. The number of aromatic nitrogens is 1. The van der Waals surface area contributed by atoms with E-state index in [1.165, 1.54) is 10.8 Å². The molecule has 1 amide bonds. The number of carboxylic acid groups (broad SMARTS) is 1. The lowest BCUT2D eigenvalue weighted by Gasteiger charge is -2.19. The van der Waals surface area contributed by atoms with Gasteiger partial charge in [-0.25, -0.2) is 4.79 Å². The molecule has 0 fully saturated rings. The Bertz CT molecular complexity index is 803. The third kappa shape index (κ3) is 5.18. The quantitative estimate of drug-likeness (QED) is 0.544. The number of aromatic hydroxyl groups is 1. The number of nitrogens with two attached hydrogens (primary N) is 1. The fourth-order valence-electron chi connectivity index (χ4n) is 2.26. The summed E-state index contributed by atoms with van der Waals surface area (Å²) in [5.41, 5.74) is 6.03. The van der Waals surface area contributed by atoms with Gasteiger partial charge < -0.3 is 25.8 Å². The molecule has 2 atom stereocenters. The van der Waals surface area contributed by atoms with Gasteiger partial charge in [0.1, 0.15) is 12.1 Å². The molecule has 0 radical (unpaired) electrons. The number of aliphatic carboxylic acids is 1. The third-order valence-corrected chi connectivity index (χ3v) is 3.60. The molecule has 8 nitrogen and oxygen atoms in total. The molecule has 0 bridgehead atoms. The summed E-state index contributed by atoms with van der Waals surface area (Å²) in [4.78, 5) is 34.7. The van der Waals surface area contributed by atoms with E-state index in [4.69, 9.17) is 5.73 Å². The lowest BCUT2D eigenvalue weighted by Crippen LogP contribution is -2.50. The Morgan fingerprint density at radius 2 is 1.88 bits per heavy atom. The minimum absolute atomic E-state index is 0.0165. The van der Waals surface area contributed by atoms with Crippen molar-refractivity contribution in [2.75, 3.05) is 0 Å². The molecule has 0 aliphatic rings. The van der Waals surface area contributed by atoms with Crippen molar-refractivity contribution in [1.82, 2.24) is 9.88 Å². The van der Waals surface area contributed by atoms with E-state index in [1.54, 1.807) is 24.3 Å². The van der Waals surface area contributed by atoms with Gasteiger partial charge >= 0.3 is 5.97 Å². The third-order valence-electron chi connectivity index (χ3n) is 3.60. The molecule has 0 saturated carbocycles. The highest BCUT2D eigenvalue weighted by atomic mass is 16.4. The van der Waals surface area contributed by atoms with Gasteiger partial charge in [-0.05, 0) is 5.56 Å². The molecule has 1 aromatic carbocycles. The van der Waals surface area contributed by atoms with Crippen molar-refractivity contribution in [1.29, 1.82) is 0 Å². The first kappa shape index (κ1) is 18.2. The first-order valence-corrected chi connectivity index (χ1v) is 7.58. The largest absolute Gasteiger partial charge is 0.503 e. The number of carbonyl (C=O) groups excluding carboxylic acids is 1. The van der Waals surface area contributed by atoms with E-state index in [1.807, 2.05) is 6.07 Å². The molecule has 0 aliphatic carbocycles. The number of rotatable bonds is 7. The molecule has 8 heteroatoms. The summed E-state index contributed by atoms with van der Waals surface area (Å²) in [7, 11) is 0. The van der Waals surface area contributed by atoms with Crippen LogP contribution in [0.2, 0.25) is 0 Å². The summed E-state index contributed by atoms with van der Waals surface area (Å²) >= 11 is 0. The van der Waals surface area contributed by atoms with Crippen molar-refractivity contribution in [3.05, 3.63) is 64.6 Å². The van der Waals surface area contributed by atoms with Crippen LogP contribution in [0, 0.1) is 0 Å². The average molecular weight is 345 g/mol. The van der Waals surface area contributed by atoms with Gasteiger partial charge in [-0.3, -0.25) is 9.59 Å². The maximum Gasteiger partial charge on any atom is 0.326 e. The molecule has 0 unspecified atom stereocenters. The van der Waals surface area contributed by atoms with Crippen molar-refractivity contribution >= 4 is 11.9 Å². The predicted octanol–water partition coefficient (Wildman–Crippen LogP) is -0.307. The van der Waals surface area contributed by atoms with E-state index in [0.717, 1.165) is 17.8 Å². The van der Waals surface area contributed by atoms with Gasteiger partial charge in [-0.2, -0.15) is 0 Å². The molecule has 2 rings (SSSR count). The summed E-state index contributed by atoms with van der Waals surface area (Å²) in [6.45, 7) is -0.0165. The molecule has 1 aromatic heterocycles. The number of hydrogen-bond acceptors (Lipinski definition) is 5. The lowest BCUT2D eigenvalue weighted by atomic mass is 10.1. The zero-order valence-corrected chi connectivity index (χ0v) is 13.3. The van der Waals surface area contributed by atoms with E-state index >= 15 is 0 Å². The minimum Gasteiger partial charge on any atom is -0.503 e. The number of nitrogens with one attached hydrogen (secondary N) is 1. The summed E-state index contributed by atoms with van der Waals surface area (Å²) < 4.78 is 1.38. The Hall–Kier alpha value is -3.13. The van der Waals surface area contributed by atoms with Crippen LogP contribution in [-0.4, -0.2) is 38.7 Å². The van der Waals surface area contributed by atoms with E-state index < -0.39 is 35.1 Å². The molecule has 5 N–H and O–H groups in total. The Labute approximate surface area is 143 Å². The highest BCUT2D eigenvalue weighted by Gasteiger charge is 2.23. The fourth-order valence-corrected chi connectivity index (χ4v) is 2.26. The second-order valence-corrected chi connectivity index (χ2v) is 5.59. The maximum atomic E-state index is 12.2. The van der Waals surface area contributed by atoms with Crippen molar-refractivity contribution in [3.63, 3.8) is 0 Å². The zero-order valence-electron chi connectivity index (χ0n) is 13.3. The number of carboxylic acids is 1. The molecule has 132 valence electrons. The molecular formula is C17H19N3O5. The molecule has 0 saturated heterocycles. The molecular weight excluding hydrogens is 326 g/mol. The highest BCUT2D eigenvalue weighted by Crippen LogP contribution is 2.04. The summed E-state index contributed by atoms with van der Waals surface area (Å²) in [6, 6.07) is 7.91. The van der Waals surface area contributed by atoms with Gasteiger partial charge in [-0.15, -0.1) is 0 Å². The van der Waals surface area contributed by atoms with Crippen LogP contribution >= 0.6 is 0 Å². The molecule has 0 spiro atoms. The summed E-state index contributed by atoms with van der Waals surface area (Å²) in [5, 5.41) is 21.1. The lowest BCUT2D eigenvalue weighted by molar-refractivity contribution is -0.142. The molecule has 1 heterocycles. The Kier molecular flexibility index (Phi) is 5.91. The van der Waals surface area contributed by atoms with Crippen LogP contribution in [0.5, 0.6) is 5.75 Å². The van der Waals surface area contributed by atoms with Gasteiger partial charge in [0.05, 0.1) is 0 Å². The van der Waals surface area contributed by atoms with Crippen molar-refractivity contribution in [3.8, 4) is 5.75 Å². The fraction of sp³-hybridized carbons (Fsp3) is 0.235. The summed E-state index contributed by atoms with van der Waals surface area (Å²) in [6.07, 6.45) is 2.68. The van der Waals surface area contributed by atoms with Crippen LogP contribution < -0.4 is 16.5 Å².